The molecule has 0 fully saturated rings. The zero-order chi connectivity index (χ0) is 9.94. The van der Waals surface area contributed by atoms with Gasteiger partial charge in [0.1, 0.15) is 0 Å². The van der Waals surface area contributed by atoms with Crippen molar-refractivity contribution in [3.63, 3.8) is 0 Å². The van der Waals surface area contributed by atoms with Gasteiger partial charge in [0.2, 0.25) is 0 Å². The molecule has 1 N–H and O–H groups in total. The quantitative estimate of drug-likeness (QED) is 0.373. The fourth-order valence-corrected chi connectivity index (χ4v) is 1.00. The number of rotatable bonds is 7. The van der Waals surface area contributed by atoms with Crippen molar-refractivity contribution in [1.82, 2.24) is 0 Å². The predicted molar refractivity (Wildman–Crippen MR) is 54.7 cm³/mol. The first-order valence-corrected chi connectivity index (χ1v) is 4.83. The highest BCUT2D eigenvalue weighted by Crippen LogP contribution is 2.02. The molecule has 2 nitrogen and oxygen atoms in total. The van der Waals surface area contributed by atoms with Crippen LogP contribution in [0.1, 0.15) is 39.0 Å². The molecule has 0 aliphatic rings. The molecule has 0 unspecified atom stereocenters. The Morgan fingerprint density at radius 1 is 1.23 bits per heavy atom. The average Bonchev–Trinajstić information content (AvgIpc) is 2.09. The Hall–Kier alpha value is -1.05. The molecule has 0 aromatic heterocycles. The number of allylic oxidation sites excluding steroid dienone is 3. The molecule has 0 radical (unpaired) electrons. The number of hydrogen-bond acceptors (Lipinski definition) is 1. The Morgan fingerprint density at radius 3 is 2.62 bits per heavy atom. The van der Waals surface area contributed by atoms with Crippen LogP contribution < -0.4 is 0 Å². The molecule has 0 amide bonds. The smallest absolute Gasteiger partial charge is 0.328 e. The van der Waals surface area contributed by atoms with Gasteiger partial charge in [0.15, 0.2) is 0 Å². The van der Waals surface area contributed by atoms with E-state index in [0.29, 0.717) is 0 Å². The number of unbranched alkanes of at least 4 members (excludes halogenated alkanes) is 4. The van der Waals surface area contributed by atoms with Crippen molar-refractivity contribution in [2.24, 2.45) is 0 Å². The lowest BCUT2D eigenvalue weighted by molar-refractivity contribution is -0.131. The molecule has 0 aliphatic carbocycles. The summed E-state index contributed by atoms with van der Waals surface area (Å²) in [4.78, 5) is 10.1. The molecule has 0 rings (SSSR count). The normalized spacial score (nSPS) is 11.5. The lowest BCUT2D eigenvalue weighted by atomic mass is 10.1. The second-order valence-electron chi connectivity index (χ2n) is 2.97. The molecule has 0 aromatic rings. The number of hydrogen-bond donors (Lipinski definition) is 1. The fraction of sp³-hybridized carbons (Fsp3) is 0.545. The second kappa shape index (κ2) is 9.04. The zero-order valence-corrected chi connectivity index (χ0v) is 8.20. The third kappa shape index (κ3) is 10.9. The zero-order valence-electron chi connectivity index (χ0n) is 8.20. The number of aliphatic carboxylic acids is 1. The van der Waals surface area contributed by atoms with E-state index in [-0.39, 0.29) is 0 Å². The minimum absolute atomic E-state index is 0.893. The topological polar surface area (TPSA) is 37.3 Å². The van der Waals surface area contributed by atoms with Crippen LogP contribution in [0, 0.1) is 0 Å². The molecule has 0 aliphatic heterocycles. The molecular weight excluding hydrogens is 164 g/mol. The Labute approximate surface area is 80.0 Å². The van der Waals surface area contributed by atoms with Crippen LogP contribution in [0.25, 0.3) is 0 Å². The van der Waals surface area contributed by atoms with E-state index in [2.05, 4.69) is 6.92 Å². The van der Waals surface area contributed by atoms with Crippen LogP contribution in [0.15, 0.2) is 24.3 Å². The van der Waals surface area contributed by atoms with E-state index >= 15 is 0 Å². The van der Waals surface area contributed by atoms with Crippen LogP contribution in [0.3, 0.4) is 0 Å². The molecule has 0 spiro atoms. The molecular formula is C11H18O2. The third-order valence-corrected chi connectivity index (χ3v) is 1.71. The van der Waals surface area contributed by atoms with E-state index in [0.717, 1.165) is 12.5 Å². The van der Waals surface area contributed by atoms with Crippen LogP contribution in [0.5, 0.6) is 0 Å². The van der Waals surface area contributed by atoms with E-state index in [1.807, 2.05) is 6.08 Å². The van der Waals surface area contributed by atoms with Crippen molar-refractivity contribution in [3.8, 4) is 0 Å². The minimum Gasteiger partial charge on any atom is -0.478 e. The number of carboxylic acids is 1. The predicted octanol–water partition coefficient (Wildman–Crippen LogP) is 3.15. The summed E-state index contributed by atoms with van der Waals surface area (Å²) >= 11 is 0. The average molecular weight is 182 g/mol. The summed E-state index contributed by atoms with van der Waals surface area (Å²) in [5, 5.41) is 8.27. The highest BCUT2D eigenvalue weighted by molar-refractivity contribution is 5.80. The van der Waals surface area contributed by atoms with E-state index in [1.165, 1.54) is 25.7 Å². The molecule has 74 valence electrons. The Bertz CT molecular complexity index is 181. The lowest BCUT2D eigenvalue weighted by Crippen LogP contribution is -1.84. The minimum atomic E-state index is -0.893. The fourth-order valence-electron chi connectivity index (χ4n) is 1.00. The molecule has 2 heteroatoms. The standard InChI is InChI=1S/C11H18O2/c1-2-3-4-5-6-7-8-9-10-11(12)13/h7-10H,2-6H2,1H3,(H,12,13). The summed E-state index contributed by atoms with van der Waals surface area (Å²) in [7, 11) is 0. The van der Waals surface area contributed by atoms with Gasteiger partial charge >= 0.3 is 5.97 Å². The lowest BCUT2D eigenvalue weighted by Gasteiger charge is -1.92. The SMILES string of the molecule is CCCCCCC=CC=CC(=O)O. The second-order valence-corrected chi connectivity index (χ2v) is 2.97. The van der Waals surface area contributed by atoms with Gasteiger partial charge in [-0.2, -0.15) is 0 Å². The van der Waals surface area contributed by atoms with Crippen LogP contribution in [0.4, 0.5) is 0 Å². The molecule has 0 bridgehead atoms. The Balaban J connectivity index is 3.26. The van der Waals surface area contributed by atoms with Gasteiger partial charge in [0.25, 0.3) is 0 Å². The van der Waals surface area contributed by atoms with Crippen molar-refractivity contribution in [3.05, 3.63) is 24.3 Å². The van der Waals surface area contributed by atoms with Crippen molar-refractivity contribution in [1.29, 1.82) is 0 Å². The summed E-state index contributed by atoms with van der Waals surface area (Å²) < 4.78 is 0. The third-order valence-electron chi connectivity index (χ3n) is 1.71. The molecule has 0 atom stereocenters. The molecule has 0 saturated carbocycles. The largest absolute Gasteiger partial charge is 0.478 e. The molecule has 13 heavy (non-hydrogen) atoms. The maximum absolute atomic E-state index is 10.1. The molecule has 0 aromatic carbocycles. The monoisotopic (exact) mass is 182 g/mol. The van der Waals surface area contributed by atoms with Crippen LogP contribution in [-0.4, -0.2) is 11.1 Å². The Morgan fingerprint density at radius 2 is 2.00 bits per heavy atom. The van der Waals surface area contributed by atoms with Gasteiger partial charge in [-0.15, -0.1) is 0 Å². The summed E-state index contributed by atoms with van der Waals surface area (Å²) in [6, 6.07) is 0. The first-order valence-electron chi connectivity index (χ1n) is 4.83. The van der Waals surface area contributed by atoms with E-state index in [9.17, 15) is 4.79 Å². The van der Waals surface area contributed by atoms with E-state index < -0.39 is 5.97 Å². The van der Waals surface area contributed by atoms with Crippen molar-refractivity contribution in [2.45, 2.75) is 39.0 Å². The van der Waals surface area contributed by atoms with Crippen LogP contribution in [-0.2, 0) is 4.79 Å². The maximum atomic E-state index is 10.1. The Kier molecular flexibility index (Phi) is 8.31. The summed E-state index contributed by atoms with van der Waals surface area (Å²) in [6.07, 6.45) is 12.6. The van der Waals surface area contributed by atoms with Crippen molar-refractivity contribution < 1.29 is 9.90 Å². The van der Waals surface area contributed by atoms with Gasteiger partial charge in [-0.05, 0) is 12.8 Å². The van der Waals surface area contributed by atoms with Gasteiger partial charge in [-0.1, -0.05) is 44.4 Å². The maximum Gasteiger partial charge on any atom is 0.328 e. The van der Waals surface area contributed by atoms with Crippen LogP contribution in [0.2, 0.25) is 0 Å². The van der Waals surface area contributed by atoms with Gasteiger partial charge in [-0.25, -0.2) is 4.79 Å². The van der Waals surface area contributed by atoms with E-state index in [4.69, 9.17) is 5.11 Å². The van der Waals surface area contributed by atoms with E-state index in [1.54, 1.807) is 12.2 Å². The highest BCUT2D eigenvalue weighted by atomic mass is 16.4. The summed E-state index contributed by atoms with van der Waals surface area (Å²) in [5.74, 6) is -0.893. The molecule has 0 heterocycles. The summed E-state index contributed by atoms with van der Waals surface area (Å²) in [6.45, 7) is 2.19. The van der Waals surface area contributed by atoms with Crippen molar-refractivity contribution in [2.75, 3.05) is 0 Å². The summed E-state index contributed by atoms with van der Waals surface area (Å²) in [5.41, 5.74) is 0. The van der Waals surface area contributed by atoms with Crippen molar-refractivity contribution >= 4 is 5.97 Å². The number of carbonyl (C=O) groups is 1. The first-order chi connectivity index (χ1) is 6.27. The highest BCUT2D eigenvalue weighted by Gasteiger charge is 1.84. The van der Waals surface area contributed by atoms with Gasteiger partial charge in [0.05, 0.1) is 0 Å². The first kappa shape index (κ1) is 11.9. The van der Waals surface area contributed by atoms with Gasteiger partial charge in [-0.3, -0.25) is 0 Å². The molecule has 0 saturated heterocycles. The number of carboxylic acid groups (broad SMARTS) is 1. The van der Waals surface area contributed by atoms with Gasteiger partial charge < -0.3 is 5.11 Å². The van der Waals surface area contributed by atoms with Gasteiger partial charge in [0, 0.05) is 6.08 Å². The van der Waals surface area contributed by atoms with Crippen LogP contribution >= 0.6 is 0 Å².